The Morgan fingerprint density at radius 2 is 1.70 bits per heavy atom. The van der Waals surface area contributed by atoms with E-state index < -0.39 is 23.3 Å². The molecule has 0 atom stereocenters. The van der Waals surface area contributed by atoms with Crippen LogP contribution >= 0.6 is 0 Å². The lowest BCUT2D eigenvalue weighted by Crippen LogP contribution is -2.39. The van der Waals surface area contributed by atoms with Gasteiger partial charge in [0.2, 0.25) is 0 Å². The van der Waals surface area contributed by atoms with Gasteiger partial charge in [-0.25, -0.2) is 4.79 Å². The van der Waals surface area contributed by atoms with Crippen LogP contribution in [-0.2, 0) is 28.6 Å². The number of hydroxylamine groups is 2. The fourth-order valence-corrected chi connectivity index (χ4v) is 1.23. The minimum atomic E-state index is -1.02. The van der Waals surface area contributed by atoms with Crippen LogP contribution in [0.4, 0.5) is 4.79 Å². The van der Waals surface area contributed by atoms with Crippen molar-refractivity contribution in [3.63, 3.8) is 0 Å². The molecule has 0 aliphatic heterocycles. The van der Waals surface area contributed by atoms with E-state index in [0.29, 0.717) is 12.9 Å². The molecule has 0 fully saturated rings. The van der Waals surface area contributed by atoms with E-state index in [1.54, 1.807) is 21.0 Å². The number of methoxy groups -OCH3 is 1. The summed E-state index contributed by atoms with van der Waals surface area (Å²) in [6.07, 6.45) is -0.369. The summed E-state index contributed by atoms with van der Waals surface area (Å²) < 4.78 is 15.8. The van der Waals surface area contributed by atoms with E-state index in [1.807, 2.05) is 13.8 Å². The summed E-state index contributed by atoms with van der Waals surface area (Å²) >= 11 is 0. The molecule has 1 amide bonds. The lowest BCUT2D eigenvalue weighted by atomic mass is 10.1. The molecule has 0 saturated heterocycles. The van der Waals surface area contributed by atoms with E-state index in [-0.39, 0.29) is 19.4 Å². The molecule has 0 bridgehead atoms. The first-order valence-corrected chi connectivity index (χ1v) is 7.27. The molecule has 0 N–H and O–H groups in total. The van der Waals surface area contributed by atoms with Crippen molar-refractivity contribution in [2.75, 3.05) is 27.4 Å². The molecule has 134 valence electrons. The highest BCUT2D eigenvalue weighted by Crippen LogP contribution is 2.16. The number of carbonyl (C=O) groups is 3. The largest absolute Gasteiger partial charge is 0.533 e. The van der Waals surface area contributed by atoms with Gasteiger partial charge < -0.3 is 23.8 Å². The number of aldehydes is 1. The van der Waals surface area contributed by atoms with Crippen molar-refractivity contribution in [1.29, 1.82) is 0 Å². The van der Waals surface area contributed by atoms with E-state index in [1.165, 1.54) is 7.05 Å². The third-order valence-corrected chi connectivity index (χ3v) is 2.94. The monoisotopic (exact) mass is 333 g/mol. The summed E-state index contributed by atoms with van der Waals surface area (Å²) in [6.45, 7) is 7.52. The molecule has 0 unspecified atom stereocenters. The Balaban J connectivity index is 4.20. The lowest BCUT2D eigenvalue weighted by Gasteiger charge is -2.30. The predicted molar refractivity (Wildman–Crippen MR) is 81.6 cm³/mol. The average molecular weight is 333 g/mol. The van der Waals surface area contributed by atoms with Gasteiger partial charge in [0.05, 0.1) is 17.8 Å². The van der Waals surface area contributed by atoms with Crippen LogP contribution in [-0.4, -0.2) is 62.0 Å². The third-order valence-electron chi connectivity index (χ3n) is 2.94. The maximum absolute atomic E-state index is 11.5. The minimum absolute atomic E-state index is 0.0337. The quantitative estimate of drug-likeness (QED) is 0.360. The molecule has 0 aromatic rings. The Hall–Kier alpha value is -1.67. The summed E-state index contributed by atoms with van der Waals surface area (Å²) in [4.78, 5) is 37.9. The highest BCUT2D eigenvalue weighted by molar-refractivity contribution is 5.78. The Bertz CT molecular complexity index is 407. The first kappa shape index (κ1) is 21.3. The van der Waals surface area contributed by atoms with Crippen molar-refractivity contribution in [3.05, 3.63) is 0 Å². The molecule has 0 rings (SSSR count). The van der Waals surface area contributed by atoms with Gasteiger partial charge in [0.1, 0.15) is 12.9 Å². The zero-order chi connectivity index (χ0) is 18.1. The molecular weight excluding hydrogens is 306 g/mol. The van der Waals surface area contributed by atoms with Gasteiger partial charge in [0.25, 0.3) is 5.91 Å². The summed E-state index contributed by atoms with van der Waals surface area (Å²) in [5.74, 6) is -0.494. The molecule has 8 nitrogen and oxygen atoms in total. The minimum Gasteiger partial charge on any atom is -0.430 e. The van der Waals surface area contributed by atoms with Crippen LogP contribution in [0.5, 0.6) is 0 Å². The van der Waals surface area contributed by atoms with E-state index in [9.17, 15) is 14.4 Å². The van der Waals surface area contributed by atoms with Gasteiger partial charge in [-0.1, -0.05) is 0 Å². The van der Waals surface area contributed by atoms with E-state index >= 15 is 0 Å². The number of nitrogens with zero attached hydrogens (tertiary/aromatic N) is 1. The SMILES string of the molecule is COC(C)(C)COC(C)(C)COC(=O)ON(C)C(=O)CCC=O. The van der Waals surface area contributed by atoms with Gasteiger partial charge >= 0.3 is 6.16 Å². The molecule has 0 aromatic carbocycles. The van der Waals surface area contributed by atoms with E-state index in [2.05, 4.69) is 0 Å². The molecule has 0 spiro atoms. The number of hydrogen-bond acceptors (Lipinski definition) is 7. The summed E-state index contributed by atoms with van der Waals surface area (Å²) in [7, 11) is 2.86. The van der Waals surface area contributed by atoms with Crippen LogP contribution in [0.15, 0.2) is 0 Å². The number of carbonyl (C=O) groups excluding carboxylic acids is 3. The second kappa shape index (κ2) is 9.46. The number of amides is 1. The second-order valence-electron chi connectivity index (χ2n) is 6.24. The van der Waals surface area contributed by atoms with Gasteiger partial charge in [0, 0.05) is 27.0 Å². The number of hydrogen-bond donors (Lipinski definition) is 0. The fourth-order valence-electron chi connectivity index (χ4n) is 1.23. The Labute approximate surface area is 137 Å². The maximum atomic E-state index is 11.5. The first-order chi connectivity index (χ1) is 10.5. The number of rotatable bonds is 9. The van der Waals surface area contributed by atoms with Crippen LogP contribution in [0.2, 0.25) is 0 Å². The molecule has 0 aromatic heterocycles. The maximum Gasteiger partial charge on any atom is 0.533 e. The predicted octanol–water partition coefficient (Wildman–Crippen LogP) is 1.71. The van der Waals surface area contributed by atoms with Gasteiger partial charge in [-0.05, 0) is 27.7 Å². The molecular formula is C15H27NO7. The molecule has 8 heteroatoms. The Kier molecular flexibility index (Phi) is 8.78. The van der Waals surface area contributed by atoms with Crippen LogP contribution in [0.25, 0.3) is 0 Å². The van der Waals surface area contributed by atoms with Crippen molar-refractivity contribution in [1.82, 2.24) is 5.06 Å². The van der Waals surface area contributed by atoms with Crippen molar-refractivity contribution in [2.45, 2.75) is 51.7 Å². The molecule has 0 saturated carbocycles. The van der Waals surface area contributed by atoms with Crippen molar-refractivity contribution < 1.29 is 33.4 Å². The molecule has 23 heavy (non-hydrogen) atoms. The smallest absolute Gasteiger partial charge is 0.430 e. The van der Waals surface area contributed by atoms with Gasteiger partial charge in [-0.3, -0.25) is 4.79 Å². The van der Waals surface area contributed by atoms with Crippen molar-refractivity contribution in [3.8, 4) is 0 Å². The van der Waals surface area contributed by atoms with Crippen molar-refractivity contribution >= 4 is 18.3 Å². The van der Waals surface area contributed by atoms with Crippen molar-refractivity contribution in [2.24, 2.45) is 0 Å². The molecule has 0 heterocycles. The highest BCUT2D eigenvalue weighted by atomic mass is 16.8. The van der Waals surface area contributed by atoms with Gasteiger partial charge in [-0.15, -0.1) is 0 Å². The molecule has 0 radical (unpaired) electrons. The zero-order valence-electron chi connectivity index (χ0n) is 14.7. The number of ether oxygens (including phenoxy) is 3. The van der Waals surface area contributed by atoms with Crippen LogP contribution in [0.1, 0.15) is 40.5 Å². The second-order valence-corrected chi connectivity index (χ2v) is 6.24. The zero-order valence-corrected chi connectivity index (χ0v) is 14.7. The summed E-state index contributed by atoms with van der Waals surface area (Å²) in [5, 5.41) is 0.744. The Morgan fingerprint density at radius 3 is 2.22 bits per heavy atom. The standard InChI is InChI=1S/C15H27NO7/c1-14(2,20-6)11-22-15(3,4)10-21-13(19)23-16(5)12(18)8-7-9-17/h9H,7-8,10-11H2,1-6H3. The molecule has 0 aliphatic carbocycles. The fraction of sp³-hybridized carbons (Fsp3) is 0.800. The molecule has 0 aliphatic rings. The summed E-state index contributed by atoms with van der Waals surface area (Å²) in [5.41, 5.74) is -1.20. The van der Waals surface area contributed by atoms with E-state index in [0.717, 1.165) is 5.06 Å². The van der Waals surface area contributed by atoms with Crippen LogP contribution in [0, 0.1) is 0 Å². The average Bonchev–Trinajstić information content (AvgIpc) is 2.49. The van der Waals surface area contributed by atoms with Crippen LogP contribution in [0.3, 0.4) is 0 Å². The van der Waals surface area contributed by atoms with Crippen LogP contribution < -0.4 is 0 Å². The van der Waals surface area contributed by atoms with Gasteiger partial charge in [-0.2, -0.15) is 5.06 Å². The Morgan fingerprint density at radius 1 is 1.09 bits per heavy atom. The topological polar surface area (TPSA) is 91.4 Å². The third kappa shape index (κ3) is 9.85. The summed E-state index contributed by atoms with van der Waals surface area (Å²) in [6, 6.07) is 0. The lowest BCUT2D eigenvalue weighted by molar-refractivity contribution is -0.171. The van der Waals surface area contributed by atoms with E-state index in [4.69, 9.17) is 19.0 Å². The van der Waals surface area contributed by atoms with Gasteiger partial charge in [0.15, 0.2) is 0 Å². The first-order valence-electron chi connectivity index (χ1n) is 7.27. The highest BCUT2D eigenvalue weighted by Gasteiger charge is 2.27. The normalized spacial score (nSPS) is 11.7.